The Balaban J connectivity index is 0.000000765. The lowest BCUT2D eigenvalue weighted by atomic mass is 10.0. The van der Waals surface area contributed by atoms with E-state index >= 15 is 0 Å². The van der Waals surface area contributed by atoms with Gasteiger partial charge in [0, 0.05) is 24.1 Å². The number of carbonyl (C=O) groups is 2. The number of methoxy groups -OCH3 is 1. The topological polar surface area (TPSA) is 150 Å². The van der Waals surface area contributed by atoms with Crippen molar-refractivity contribution in [2.24, 2.45) is 5.92 Å². The Morgan fingerprint density at radius 2 is 1.86 bits per heavy atom. The van der Waals surface area contributed by atoms with Crippen LogP contribution < -0.4 is 21.3 Å². The minimum atomic E-state index is -1.48. The Bertz CT molecular complexity index is 1710. The fraction of sp³-hybridized carbons (Fsp3) is 0.448. The number of aryl methyl sites for hydroxylation is 3. The highest BCUT2D eigenvalue weighted by Gasteiger charge is 2.35. The van der Waals surface area contributed by atoms with Crippen LogP contribution in [0.15, 0.2) is 40.2 Å². The molecule has 0 fully saturated rings. The summed E-state index contributed by atoms with van der Waals surface area (Å²) >= 11 is 1.20. The Morgan fingerprint density at radius 1 is 1.21 bits per heavy atom. The first-order chi connectivity index (χ1) is 20.3. The molecule has 1 atom stereocenters. The number of amides is 1. The van der Waals surface area contributed by atoms with E-state index < -0.39 is 28.5 Å². The van der Waals surface area contributed by atoms with E-state index in [1.54, 1.807) is 27.7 Å². The normalized spacial score (nSPS) is 12.1. The first kappa shape index (κ1) is 33.3. The zero-order valence-corrected chi connectivity index (χ0v) is 26.1. The summed E-state index contributed by atoms with van der Waals surface area (Å²) in [6.07, 6.45) is 4.01. The quantitative estimate of drug-likeness (QED) is 0.258. The number of aromatic nitrogens is 5. The Labute approximate surface area is 251 Å². The van der Waals surface area contributed by atoms with Crippen LogP contribution in [0.3, 0.4) is 0 Å². The van der Waals surface area contributed by atoms with Gasteiger partial charge in [0.25, 0.3) is 5.56 Å². The molecule has 4 rings (SSSR count). The average Bonchev–Trinajstić information content (AvgIpc) is 3.60. The maximum atomic E-state index is 14.0. The van der Waals surface area contributed by atoms with Crippen molar-refractivity contribution in [1.82, 2.24) is 29.4 Å². The number of fused-ring (bicyclic) bond motifs is 1. The van der Waals surface area contributed by atoms with Crippen LogP contribution in [-0.2, 0) is 28.1 Å². The number of nitrogens with one attached hydrogen (secondary N) is 1. The molecule has 0 aliphatic rings. The van der Waals surface area contributed by atoms with Gasteiger partial charge < -0.3 is 20.0 Å². The lowest BCUT2D eigenvalue weighted by Crippen LogP contribution is -2.56. The maximum absolute atomic E-state index is 14.0. The zero-order chi connectivity index (χ0) is 32.1. The van der Waals surface area contributed by atoms with Crippen molar-refractivity contribution in [3.63, 3.8) is 0 Å². The second-order valence-electron chi connectivity index (χ2n) is 10.8. The van der Waals surface area contributed by atoms with Gasteiger partial charge in [-0.15, -0.1) is 4.80 Å². The van der Waals surface area contributed by atoms with E-state index in [1.807, 2.05) is 0 Å². The van der Waals surface area contributed by atoms with Crippen molar-refractivity contribution in [2.75, 3.05) is 13.7 Å². The van der Waals surface area contributed by atoms with Crippen LogP contribution in [0.1, 0.15) is 45.7 Å². The molecule has 0 spiro atoms. The van der Waals surface area contributed by atoms with Crippen LogP contribution in [0.4, 0.5) is 4.39 Å². The molecule has 3 aromatic heterocycles. The highest BCUT2D eigenvalue weighted by molar-refractivity contribution is 7.21. The molecule has 14 heteroatoms. The predicted molar refractivity (Wildman–Crippen MR) is 162 cm³/mol. The molecule has 0 aliphatic carbocycles. The van der Waals surface area contributed by atoms with E-state index in [4.69, 9.17) is 9.84 Å². The third-order valence-corrected chi connectivity index (χ3v) is 7.97. The summed E-state index contributed by atoms with van der Waals surface area (Å²) in [5.74, 6) is -0.588. The van der Waals surface area contributed by atoms with Gasteiger partial charge in [0.05, 0.1) is 31.5 Å². The van der Waals surface area contributed by atoms with Gasteiger partial charge >= 0.3 is 5.69 Å². The molecule has 0 bridgehead atoms. The number of benzene rings is 1. The summed E-state index contributed by atoms with van der Waals surface area (Å²) in [5, 5.41) is 20.1. The number of hydrogen-bond acceptors (Lipinski definition) is 9. The van der Waals surface area contributed by atoms with Crippen LogP contribution in [0, 0.1) is 18.7 Å². The summed E-state index contributed by atoms with van der Waals surface area (Å²) in [5.41, 5.74) is -1.54. The number of aldehydes is 1. The van der Waals surface area contributed by atoms with Crippen LogP contribution in [-0.4, -0.2) is 61.2 Å². The molecule has 0 saturated carbocycles. The molecular weight excluding hydrogens is 579 g/mol. The number of ether oxygens (including phenoxy) is 1. The standard InChI is InChI=1S/C25H29FN6O4S.C4H8O2/c1-14(2)29-23(34)25(4,5)31-20(33)19-15(3)21(32-27-10-11-28-32)37-22(19)30(24(31)35)12-9-16-13-17(26)7-8-18(16)36-6;1-4(2-5)3-6/h7-8,10-11,13-14H,9,12H2,1-6H3,(H,29,34);2,4,6H,3H2,1H3. The first-order valence-electron chi connectivity index (χ1n) is 13.6. The number of rotatable bonds is 10. The van der Waals surface area contributed by atoms with Gasteiger partial charge in [0.2, 0.25) is 5.91 Å². The second kappa shape index (κ2) is 13.9. The number of halogens is 1. The number of aliphatic hydroxyl groups is 1. The Kier molecular flexibility index (Phi) is 10.8. The van der Waals surface area contributed by atoms with E-state index in [0.29, 0.717) is 32.1 Å². The minimum Gasteiger partial charge on any atom is -0.496 e. The number of thiophene rings is 1. The van der Waals surface area contributed by atoms with Gasteiger partial charge in [0.1, 0.15) is 33.2 Å². The lowest BCUT2D eigenvalue weighted by Gasteiger charge is -2.27. The number of aliphatic hydroxyl groups excluding tert-OH is 1. The number of hydrogen-bond donors (Lipinski definition) is 2. The monoisotopic (exact) mass is 616 g/mol. The van der Waals surface area contributed by atoms with Gasteiger partial charge in [-0.05, 0) is 64.8 Å². The molecular formula is C29H37FN6O6S. The fourth-order valence-corrected chi connectivity index (χ4v) is 5.53. The van der Waals surface area contributed by atoms with Crippen LogP contribution in [0.25, 0.3) is 15.2 Å². The highest BCUT2D eigenvalue weighted by Crippen LogP contribution is 2.31. The van der Waals surface area contributed by atoms with Gasteiger partial charge in [-0.2, -0.15) is 10.2 Å². The maximum Gasteiger partial charge on any atom is 0.333 e. The molecule has 1 amide bonds. The summed E-state index contributed by atoms with van der Waals surface area (Å²) in [6, 6.07) is 4.00. The summed E-state index contributed by atoms with van der Waals surface area (Å²) < 4.78 is 21.8. The van der Waals surface area contributed by atoms with Crippen LogP contribution >= 0.6 is 11.3 Å². The predicted octanol–water partition coefficient (Wildman–Crippen LogP) is 2.58. The molecule has 2 N–H and O–H groups in total. The molecule has 4 aromatic rings. The molecule has 3 heterocycles. The molecule has 12 nitrogen and oxygen atoms in total. The van der Waals surface area contributed by atoms with Crippen molar-refractivity contribution >= 4 is 33.7 Å². The Morgan fingerprint density at radius 3 is 2.40 bits per heavy atom. The first-order valence-corrected chi connectivity index (χ1v) is 14.5. The van der Waals surface area contributed by atoms with Crippen LogP contribution in [0.2, 0.25) is 0 Å². The van der Waals surface area contributed by atoms with E-state index in [1.165, 1.54) is 72.3 Å². The summed E-state index contributed by atoms with van der Waals surface area (Å²) in [7, 11) is 1.49. The van der Waals surface area contributed by atoms with Crippen molar-refractivity contribution in [3.8, 4) is 10.8 Å². The Hall–Kier alpha value is -4.17. The van der Waals surface area contributed by atoms with Crippen molar-refractivity contribution in [2.45, 2.75) is 66.1 Å². The number of nitrogens with zero attached hydrogens (tertiary/aromatic N) is 5. The van der Waals surface area contributed by atoms with Crippen LogP contribution in [0.5, 0.6) is 5.75 Å². The highest BCUT2D eigenvalue weighted by atomic mass is 32.1. The minimum absolute atomic E-state index is 0.0382. The SMILES string of the molecule is CC(C=O)CO.COc1ccc(F)cc1CCn1c(=O)n(C(C)(C)C(=O)NC(C)C)c(=O)c2c(C)c(-n3nccn3)sc21. The molecule has 0 radical (unpaired) electrons. The van der Waals surface area contributed by atoms with Gasteiger partial charge in [-0.1, -0.05) is 18.3 Å². The molecule has 0 aliphatic heterocycles. The van der Waals surface area contributed by atoms with Crippen molar-refractivity contribution < 1.29 is 23.8 Å². The van der Waals surface area contributed by atoms with E-state index in [-0.39, 0.29) is 31.5 Å². The fourth-order valence-electron chi connectivity index (χ4n) is 4.29. The second-order valence-corrected chi connectivity index (χ2v) is 11.8. The largest absolute Gasteiger partial charge is 0.496 e. The third kappa shape index (κ3) is 7.08. The third-order valence-electron chi connectivity index (χ3n) is 6.69. The zero-order valence-electron chi connectivity index (χ0n) is 25.3. The average molecular weight is 617 g/mol. The van der Waals surface area contributed by atoms with Gasteiger partial charge in [-0.25, -0.2) is 13.8 Å². The molecule has 0 saturated heterocycles. The molecule has 1 aromatic carbocycles. The molecule has 232 valence electrons. The van der Waals surface area contributed by atoms with Gasteiger partial charge in [-0.3, -0.25) is 14.2 Å². The van der Waals surface area contributed by atoms with E-state index in [0.717, 1.165) is 10.9 Å². The van der Waals surface area contributed by atoms with E-state index in [2.05, 4.69) is 15.5 Å². The van der Waals surface area contributed by atoms with Crippen molar-refractivity contribution in [1.29, 1.82) is 0 Å². The molecule has 1 unspecified atom stereocenters. The number of carbonyl (C=O) groups excluding carboxylic acids is 2. The summed E-state index contributed by atoms with van der Waals surface area (Å²) in [4.78, 5) is 52.2. The smallest absolute Gasteiger partial charge is 0.333 e. The molecule has 43 heavy (non-hydrogen) atoms. The summed E-state index contributed by atoms with van der Waals surface area (Å²) in [6.45, 7) is 10.2. The van der Waals surface area contributed by atoms with E-state index in [9.17, 15) is 23.6 Å². The van der Waals surface area contributed by atoms with Crippen molar-refractivity contribution in [3.05, 3.63) is 68.4 Å². The van der Waals surface area contributed by atoms with Gasteiger partial charge in [0.15, 0.2) is 0 Å². The lowest BCUT2D eigenvalue weighted by molar-refractivity contribution is -0.129.